The predicted molar refractivity (Wildman–Crippen MR) is 74.7 cm³/mol. The fourth-order valence-electron chi connectivity index (χ4n) is 2.35. The lowest BCUT2D eigenvalue weighted by Gasteiger charge is -2.15. The second-order valence-corrected chi connectivity index (χ2v) is 4.59. The van der Waals surface area contributed by atoms with Crippen LogP contribution in [0.1, 0.15) is 30.7 Å². The number of nitrogens with one attached hydrogen (secondary N) is 1. The van der Waals surface area contributed by atoms with Crippen molar-refractivity contribution in [2.24, 2.45) is 0 Å². The summed E-state index contributed by atoms with van der Waals surface area (Å²) in [6.45, 7) is 8.86. The summed E-state index contributed by atoms with van der Waals surface area (Å²) in [6.07, 6.45) is 0.813. The highest BCUT2D eigenvalue weighted by Gasteiger charge is 2.13. The smallest absolute Gasteiger partial charge is 0.149 e. The van der Waals surface area contributed by atoms with Gasteiger partial charge in [0.25, 0.3) is 0 Å². The van der Waals surface area contributed by atoms with E-state index in [1.165, 1.54) is 0 Å². The van der Waals surface area contributed by atoms with Crippen molar-refractivity contribution in [1.29, 1.82) is 0 Å². The topological polar surface area (TPSA) is 24.9 Å². The number of rotatable bonds is 3. The van der Waals surface area contributed by atoms with Crippen LogP contribution in [-0.4, -0.2) is 11.5 Å². The van der Waals surface area contributed by atoms with Crippen LogP contribution in [0.2, 0.25) is 0 Å². The van der Waals surface area contributed by atoms with Gasteiger partial charge >= 0.3 is 0 Å². The molecule has 0 aliphatic rings. The van der Waals surface area contributed by atoms with Crippen molar-refractivity contribution in [2.45, 2.75) is 34.1 Å². The molecule has 1 aromatic heterocycles. The number of nitrogens with zero attached hydrogens (tertiary/aromatic N) is 1. The Labute approximate surface area is 107 Å². The Bertz CT molecular complexity index is 591. The summed E-state index contributed by atoms with van der Waals surface area (Å²) in [5.41, 5.74) is 4.49. The Morgan fingerprint density at radius 2 is 1.94 bits per heavy atom. The van der Waals surface area contributed by atoms with Gasteiger partial charge in [-0.25, -0.2) is 9.37 Å². The van der Waals surface area contributed by atoms with E-state index in [1.807, 2.05) is 33.8 Å². The molecule has 0 saturated heterocycles. The van der Waals surface area contributed by atoms with Gasteiger partial charge in [0.15, 0.2) is 0 Å². The van der Waals surface area contributed by atoms with Crippen LogP contribution < -0.4 is 5.32 Å². The number of pyridine rings is 1. The summed E-state index contributed by atoms with van der Waals surface area (Å²) in [5.74, 6) is -0.237. The molecule has 18 heavy (non-hydrogen) atoms. The average Bonchev–Trinajstić information content (AvgIpc) is 2.33. The van der Waals surface area contributed by atoms with E-state index in [0.29, 0.717) is 5.52 Å². The Morgan fingerprint density at radius 1 is 1.22 bits per heavy atom. The van der Waals surface area contributed by atoms with Crippen LogP contribution in [0.25, 0.3) is 10.9 Å². The number of benzene rings is 1. The fourth-order valence-corrected chi connectivity index (χ4v) is 2.35. The summed E-state index contributed by atoms with van der Waals surface area (Å²) in [7, 11) is 0. The third kappa shape index (κ3) is 2.05. The molecular formula is C15H19FN2. The maximum Gasteiger partial charge on any atom is 0.149 e. The lowest BCUT2D eigenvalue weighted by molar-refractivity contribution is 0.635. The van der Waals surface area contributed by atoms with E-state index in [2.05, 4.69) is 10.3 Å². The molecule has 0 saturated carbocycles. The third-order valence-electron chi connectivity index (χ3n) is 3.22. The molecule has 0 amide bonds. The maximum atomic E-state index is 14.0. The summed E-state index contributed by atoms with van der Waals surface area (Å²) in [4.78, 5) is 4.46. The van der Waals surface area contributed by atoms with Crippen molar-refractivity contribution in [1.82, 2.24) is 4.98 Å². The van der Waals surface area contributed by atoms with Gasteiger partial charge in [-0.3, -0.25) is 0 Å². The number of hydrogen-bond acceptors (Lipinski definition) is 2. The molecule has 0 unspecified atom stereocenters. The van der Waals surface area contributed by atoms with Gasteiger partial charge < -0.3 is 5.32 Å². The molecule has 0 aliphatic heterocycles. The minimum Gasteiger partial charge on any atom is -0.385 e. The van der Waals surface area contributed by atoms with Gasteiger partial charge in [0, 0.05) is 23.3 Å². The van der Waals surface area contributed by atoms with Crippen molar-refractivity contribution < 1.29 is 4.39 Å². The molecule has 3 heteroatoms. The summed E-state index contributed by atoms with van der Waals surface area (Å²) < 4.78 is 14.0. The predicted octanol–water partition coefficient (Wildman–Crippen LogP) is 3.98. The molecule has 0 radical (unpaired) electrons. The quantitative estimate of drug-likeness (QED) is 0.886. The first kappa shape index (κ1) is 12.8. The average molecular weight is 246 g/mol. The normalized spacial score (nSPS) is 10.9. The highest BCUT2D eigenvalue weighted by molar-refractivity contribution is 5.94. The molecule has 2 aromatic rings. The van der Waals surface area contributed by atoms with Crippen LogP contribution in [0.3, 0.4) is 0 Å². The number of aromatic nitrogens is 1. The van der Waals surface area contributed by atoms with Gasteiger partial charge in [-0.15, -0.1) is 0 Å². The number of anilines is 1. The summed E-state index contributed by atoms with van der Waals surface area (Å²) in [5, 5.41) is 4.22. The molecule has 0 bridgehead atoms. The zero-order chi connectivity index (χ0) is 13.3. The minimum absolute atomic E-state index is 0.237. The summed E-state index contributed by atoms with van der Waals surface area (Å²) >= 11 is 0. The molecule has 0 atom stereocenters. The van der Waals surface area contributed by atoms with E-state index in [0.717, 1.165) is 40.9 Å². The molecule has 0 spiro atoms. The van der Waals surface area contributed by atoms with Gasteiger partial charge in [-0.1, -0.05) is 6.92 Å². The third-order valence-corrected chi connectivity index (χ3v) is 3.22. The van der Waals surface area contributed by atoms with Crippen LogP contribution in [-0.2, 0) is 6.42 Å². The maximum absolute atomic E-state index is 14.0. The minimum atomic E-state index is -0.237. The first-order valence-electron chi connectivity index (χ1n) is 6.41. The van der Waals surface area contributed by atoms with Crippen LogP contribution in [0.4, 0.5) is 10.1 Å². The van der Waals surface area contributed by atoms with E-state index in [1.54, 1.807) is 6.07 Å². The Kier molecular flexibility index (Phi) is 3.50. The van der Waals surface area contributed by atoms with E-state index in [4.69, 9.17) is 0 Å². The molecule has 1 aromatic carbocycles. The molecule has 2 nitrogen and oxygen atoms in total. The van der Waals surface area contributed by atoms with Gasteiger partial charge in [0.05, 0.1) is 0 Å². The van der Waals surface area contributed by atoms with E-state index in [9.17, 15) is 4.39 Å². The molecule has 0 fully saturated rings. The Hall–Kier alpha value is -1.64. The summed E-state index contributed by atoms with van der Waals surface area (Å²) in [6, 6.07) is 3.54. The molecule has 1 heterocycles. The largest absolute Gasteiger partial charge is 0.385 e. The first-order chi connectivity index (χ1) is 8.58. The Morgan fingerprint density at radius 3 is 2.56 bits per heavy atom. The number of aryl methyl sites for hydroxylation is 2. The van der Waals surface area contributed by atoms with E-state index < -0.39 is 0 Å². The van der Waals surface area contributed by atoms with Gasteiger partial charge in [0.1, 0.15) is 11.3 Å². The van der Waals surface area contributed by atoms with Crippen molar-refractivity contribution in [3.8, 4) is 0 Å². The van der Waals surface area contributed by atoms with Crippen LogP contribution in [0.15, 0.2) is 12.1 Å². The van der Waals surface area contributed by atoms with Crippen molar-refractivity contribution >= 4 is 16.6 Å². The van der Waals surface area contributed by atoms with Gasteiger partial charge in [-0.2, -0.15) is 0 Å². The van der Waals surface area contributed by atoms with Gasteiger partial charge in [0.2, 0.25) is 0 Å². The number of halogens is 1. The van der Waals surface area contributed by atoms with Gasteiger partial charge in [-0.05, 0) is 50.5 Å². The first-order valence-corrected chi connectivity index (χ1v) is 6.41. The molecule has 96 valence electrons. The zero-order valence-electron chi connectivity index (χ0n) is 11.4. The van der Waals surface area contributed by atoms with Crippen molar-refractivity contribution in [2.75, 3.05) is 11.9 Å². The highest BCUT2D eigenvalue weighted by atomic mass is 19.1. The monoisotopic (exact) mass is 246 g/mol. The van der Waals surface area contributed by atoms with Crippen LogP contribution >= 0.6 is 0 Å². The number of hydrogen-bond donors (Lipinski definition) is 1. The SMILES string of the molecule is CCNc1c(C)c(CC)nc2c(F)cc(C)cc12. The van der Waals surface area contributed by atoms with E-state index >= 15 is 0 Å². The molecule has 0 aliphatic carbocycles. The Balaban J connectivity index is 2.86. The zero-order valence-corrected chi connectivity index (χ0v) is 11.4. The highest BCUT2D eigenvalue weighted by Crippen LogP contribution is 2.30. The second kappa shape index (κ2) is 4.92. The molecule has 1 N–H and O–H groups in total. The molecular weight excluding hydrogens is 227 g/mol. The lowest BCUT2D eigenvalue weighted by atomic mass is 10.0. The second-order valence-electron chi connectivity index (χ2n) is 4.59. The van der Waals surface area contributed by atoms with Crippen LogP contribution in [0.5, 0.6) is 0 Å². The van der Waals surface area contributed by atoms with E-state index in [-0.39, 0.29) is 5.82 Å². The fraction of sp³-hybridized carbons (Fsp3) is 0.400. The van der Waals surface area contributed by atoms with Crippen LogP contribution in [0, 0.1) is 19.7 Å². The van der Waals surface area contributed by atoms with Crippen molar-refractivity contribution in [3.05, 3.63) is 34.8 Å². The molecule has 2 rings (SSSR count). The standard InChI is InChI=1S/C15H19FN2/c1-5-13-10(4)14(17-6-2)11-7-9(3)8-12(16)15(11)18-13/h7-8H,5-6H2,1-4H3,(H,17,18). The number of fused-ring (bicyclic) bond motifs is 1. The van der Waals surface area contributed by atoms with Crippen molar-refractivity contribution in [3.63, 3.8) is 0 Å². The lowest BCUT2D eigenvalue weighted by Crippen LogP contribution is -2.05.